The number of carbonyl (C=O) groups excluding carboxylic acids is 2. The molecule has 0 spiro atoms. The average molecular weight is 507 g/mol. The van der Waals surface area contributed by atoms with E-state index in [-0.39, 0.29) is 53.9 Å². The maximum atomic E-state index is 13.0. The van der Waals surface area contributed by atoms with Gasteiger partial charge in [-0.15, -0.1) is 0 Å². The summed E-state index contributed by atoms with van der Waals surface area (Å²) in [5.74, 6) is -0.970. The molecule has 1 unspecified atom stereocenters. The second-order valence-corrected chi connectivity index (χ2v) is 8.95. The Bertz CT molecular complexity index is 1280. The highest BCUT2D eigenvalue weighted by Crippen LogP contribution is 2.40. The highest BCUT2D eigenvalue weighted by molar-refractivity contribution is 6.07. The fourth-order valence-corrected chi connectivity index (χ4v) is 3.83. The Morgan fingerprint density at radius 1 is 1.36 bits per heavy atom. The predicted octanol–water partition coefficient (Wildman–Crippen LogP) is 2.68. The third-order valence-electron chi connectivity index (χ3n) is 5.97. The monoisotopic (exact) mass is 507 g/mol. The van der Waals surface area contributed by atoms with Crippen LogP contribution in [0.1, 0.15) is 24.3 Å². The number of aryl methyl sites for hydroxylation is 1. The van der Waals surface area contributed by atoms with Gasteiger partial charge in [0.05, 0.1) is 11.6 Å². The van der Waals surface area contributed by atoms with E-state index < -0.39 is 24.0 Å². The first-order valence-corrected chi connectivity index (χ1v) is 10.9. The van der Waals surface area contributed by atoms with Crippen LogP contribution in [0.5, 0.6) is 0 Å². The van der Waals surface area contributed by atoms with Gasteiger partial charge < -0.3 is 20.2 Å². The second-order valence-electron chi connectivity index (χ2n) is 8.95. The highest BCUT2D eigenvalue weighted by atomic mass is 19.4. The first-order chi connectivity index (χ1) is 16.9. The number of nitrogens with zero attached hydrogens (tertiary/aromatic N) is 5. The molecule has 0 saturated carbocycles. The van der Waals surface area contributed by atoms with E-state index in [2.05, 4.69) is 25.7 Å². The van der Waals surface area contributed by atoms with E-state index >= 15 is 0 Å². The van der Waals surface area contributed by atoms with Crippen LogP contribution >= 0.6 is 0 Å². The van der Waals surface area contributed by atoms with Gasteiger partial charge in [0.1, 0.15) is 24.3 Å². The van der Waals surface area contributed by atoms with Crippen LogP contribution in [0.15, 0.2) is 35.2 Å². The van der Waals surface area contributed by atoms with Crippen molar-refractivity contribution in [3.63, 3.8) is 0 Å². The number of alkyl halides is 3. The van der Waals surface area contributed by atoms with Crippen LogP contribution in [0.3, 0.4) is 0 Å². The average Bonchev–Trinajstić information content (AvgIpc) is 3.49. The molecular formula is C22H24F3N7O4. The lowest BCUT2D eigenvalue weighted by Crippen LogP contribution is -2.33. The zero-order valence-electron chi connectivity index (χ0n) is 19.6. The summed E-state index contributed by atoms with van der Waals surface area (Å²) in [5, 5.41) is 18.8. The molecule has 1 aliphatic heterocycles. The number of amides is 2. The summed E-state index contributed by atoms with van der Waals surface area (Å²) in [5.41, 5.74) is -0.316. The number of anilines is 3. The van der Waals surface area contributed by atoms with Crippen LogP contribution < -0.4 is 15.5 Å². The van der Waals surface area contributed by atoms with Crippen LogP contribution in [0.25, 0.3) is 11.5 Å². The molecule has 4 heterocycles. The van der Waals surface area contributed by atoms with Gasteiger partial charge in [-0.25, -0.2) is 9.97 Å². The van der Waals surface area contributed by atoms with Gasteiger partial charge in [-0.1, -0.05) is 13.8 Å². The van der Waals surface area contributed by atoms with E-state index in [4.69, 9.17) is 4.42 Å². The number of aliphatic hydroxyl groups excluding tert-OH is 1. The van der Waals surface area contributed by atoms with E-state index in [0.717, 1.165) is 6.26 Å². The van der Waals surface area contributed by atoms with Crippen LogP contribution in [0.4, 0.5) is 30.5 Å². The van der Waals surface area contributed by atoms with Crippen molar-refractivity contribution in [2.45, 2.75) is 20.0 Å². The maximum absolute atomic E-state index is 13.0. The fourth-order valence-electron chi connectivity index (χ4n) is 3.83. The van der Waals surface area contributed by atoms with Crippen LogP contribution in [0, 0.1) is 11.3 Å². The maximum Gasteiger partial charge on any atom is 0.405 e. The molecule has 1 aliphatic rings. The molecule has 1 saturated heterocycles. The van der Waals surface area contributed by atoms with Crippen molar-refractivity contribution in [3.8, 4) is 11.5 Å². The Balaban J connectivity index is 1.51. The van der Waals surface area contributed by atoms with Gasteiger partial charge in [0.15, 0.2) is 11.5 Å². The van der Waals surface area contributed by atoms with Gasteiger partial charge in [-0.2, -0.15) is 18.3 Å². The van der Waals surface area contributed by atoms with Gasteiger partial charge in [0.2, 0.25) is 11.8 Å². The molecule has 192 valence electrons. The Hall–Kier alpha value is -3.94. The van der Waals surface area contributed by atoms with Crippen molar-refractivity contribution in [3.05, 3.63) is 36.5 Å². The lowest BCUT2D eigenvalue weighted by molar-refractivity contribution is -0.125. The van der Waals surface area contributed by atoms with E-state index in [1.807, 2.05) is 0 Å². The van der Waals surface area contributed by atoms with Gasteiger partial charge in [0.25, 0.3) is 5.91 Å². The number of halogens is 3. The Labute approximate surface area is 203 Å². The molecule has 0 radical (unpaired) electrons. The summed E-state index contributed by atoms with van der Waals surface area (Å²) in [6.45, 7) is 2.30. The molecule has 14 heteroatoms. The summed E-state index contributed by atoms with van der Waals surface area (Å²) in [4.78, 5) is 35.2. The summed E-state index contributed by atoms with van der Waals surface area (Å²) in [6, 6.07) is 2.79. The highest BCUT2D eigenvalue weighted by Gasteiger charge is 2.48. The Kier molecular flexibility index (Phi) is 6.47. The zero-order valence-corrected chi connectivity index (χ0v) is 19.6. The van der Waals surface area contributed by atoms with Crippen molar-refractivity contribution in [2.75, 3.05) is 35.2 Å². The number of pyridine rings is 1. The smallest absolute Gasteiger partial charge is 0.405 e. The minimum absolute atomic E-state index is 0.00581. The number of hydrogen-bond acceptors (Lipinski definition) is 8. The summed E-state index contributed by atoms with van der Waals surface area (Å²) < 4.78 is 44.2. The van der Waals surface area contributed by atoms with E-state index in [9.17, 15) is 27.9 Å². The number of carbonyl (C=O) groups is 2. The predicted molar refractivity (Wildman–Crippen MR) is 122 cm³/mol. The molecule has 3 N–H and O–H groups in total. The van der Waals surface area contributed by atoms with E-state index in [0.29, 0.717) is 5.56 Å². The summed E-state index contributed by atoms with van der Waals surface area (Å²) >= 11 is 0. The third kappa shape index (κ3) is 5.03. The molecule has 1 fully saturated rings. The normalized spacial score (nSPS) is 17.5. The van der Waals surface area contributed by atoms with Crippen molar-refractivity contribution in [2.24, 2.45) is 18.4 Å². The molecule has 0 aliphatic carbocycles. The molecule has 2 amide bonds. The minimum Gasteiger partial charge on any atom is -0.444 e. The van der Waals surface area contributed by atoms with E-state index in [1.54, 1.807) is 20.9 Å². The largest absolute Gasteiger partial charge is 0.444 e. The number of aliphatic hydroxyl groups is 1. The van der Waals surface area contributed by atoms with Crippen molar-refractivity contribution < 1.29 is 32.3 Å². The van der Waals surface area contributed by atoms with Crippen molar-refractivity contribution in [1.82, 2.24) is 19.7 Å². The lowest BCUT2D eigenvalue weighted by Gasteiger charge is -2.21. The lowest BCUT2D eigenvalue weighted by atomic mass is 9.82. The Morgan fingerprint density at radius 3 is 2.78 bits per heavy atom. The Morgan fingerprint density at radius 2 is 2.11 bits per heavy atom. The zero-order chi connectivity index (χ0) is 26.3. The van der Waals surface area contributed by atoms with Gasteiger partial charge in [-0.05, 0) is 12.1 Å². The first-order valence-electron chi connectivity index (χ1n) is 10.9. The standard InChI is InChI=1S/C22H24F3N7O4/c1-21(2)13(9-33)7-32(20(21)35)17-14(8-31(3)30-17)28-18(34)15-10-36-19(29-15)12-4-5-26-16(6-12)27-11-22(23,24)25/h4-6,8,10,13,33H,7,9,11H2,1-3H3,(H,26,27)(H,28,34). The fraction of sp³-hybridized carbons (Fsp3) is 0.409. The molecule has 4 rings (SSSR count). The molecular weight excluding hydrogens is 483 g/mol. The van der Waals surface area contributed by atoms with Gasteiger partial charge >= 0.3 is 6.18 Å². The molecule has 0 aromatic carbocycles. The molecule has 3 aromatic rings. The molecule has 0 bridgehead atoms. The number of aromatic nitrogens is 4. The topological polar surface area (TPSA) is 138 Å². The first kappa shape index (κ1) is 25.2. The van der Waals surface area contributed by atoms with E-state index in [1.165, 1.54) is 34.1 Å². The SMILES string of the molecule is Cn1cc(NC(=O)c2coc(-c3ccnc(NCC(F)(F)F)c3)n2)c(N2CC(CO)C(C)(C)C2=O)n1. The second kappa shape index (κ2) is 9.26. The van der Waals surface area contributed by atoms with Gasteiger partial charge in [0, 0.05) is 37.9 Å². The number of hydrogen-bond donors (Lipinski definition) is 3. The number of rotatable bonds is 7. The molecule has 3 aromatic heterocycles. The third-order valence-corrected chi connectivity index (χ3v) is 5.97. The van der Waals surface area contributed by atoms with Crippen LogP contribution in [-0.2, 0) is 11.8 Å². The molecule has 1 atom stereocenters. The minimum atomic E-state index is -4.41. The van der Waals surface area contributed by atoms with Crippen LogP contribution in [0.2, 0.25) is 0 Å². The molecule has 11 nitrogen and oxygen atoms in total. The summed E-state index contributed by atoms with van der Waals surface area (Å²) in [7, 11) is 1.64. The van der Waals surface area contributed by atoms with Crippen molar-refractivity contribution >= 4 is 29.1 Å². The summed E-state index contributed by atoms with van der Waals surface area (Å²) in [6.07, 6.45) is -0.488. The number of oxazole rings is 1. The van der Waals surface area contributed by atoms with Gasteiger partial charge in [-0.3, -0.25) is 19.2 Å². The quantitative estimate of drug-likeness (QED) is 0.444. The molecule has 36 heavy (non-hydrogen) atoms. The number of nitrogens with one attached hydrogen (secondary N) is 2. The van der Waals surface area contributed by atoms with Crippen molar-refractivity contribution in [1.29, 1.82) is 0 Å². The van der Waals surface area contributed by atoms with Crippen LogP contribution in [-0.4, -0.2) is 62.5 Å².